The normalized spacial score (nSPS) is 19.8. The summed E-state index contributed by atoms with van der Waals surface area (Å²) < 4.78 is 39.4. The summed E-state index contributed by atoms with van der Waals surface area (Å²) >= 11 is 0. The van der Waals surface area contributed by atoms with Gasteiger partial charge in [-0.2, -0.15) is 9.49 Å². The minimum absolute atomic E-state index is 0.1000. The van der Waals surface area contributed by atoms with Gasteiger partial charge < -0.3 is 21.8 Å². The van der Waals surface area contributed by atoms with E-state index in [4.69, 9.17) is 11.1 Å². The zero-order valence-electron chi connectivity index (χ0n) is 14.8. The van der Waals surface area contributed by atoms with Gasteiger partial charge in [0.15, 0.2) is 5.82 Å². The number of hydrogen-bond donors (Lipinski definition) is 4. The van der Waals surface area contributed by atoms with Crippen molar-refractivity contribution in [2.75, 3.05) is 11.9 Å². The fraction of sp³-hybridized carbons (Fsp3) is 0.412. The lowest BCUT2D eigenvalue weighted by Crippen LogP contribution is -2.40. The van der Waals surface area contributed by atoms with Crippen LogP contribution in [0, 0.1) is 11.4 Å². The SMILES string of the molecule is N=C1C[C@@H](NCC(F)F)CC[C@@H]1n1cc(C(N)=O)c(Nc2ccnc(F)c2)n1. The van der Waals surface area contributed by atoms with Crippen LogP contribution in [-0.2, 0) is 0 Å². The molecule has 2 aromatic rings. The van der Waals surface area contributed by atoms with E-state index < -0.39 is 30.9 Å². The van der Waals surface area contributed by atoms with E-state index in [1.807, 2.05) is 0 Å². The molecule has 2 heterocycles. The average molecular weight is 395 g/mol. The highest BCUT2D eigenvalue weighted by Gasteiger charge is 2.29. The van der Waals surface area contributed by atoms with Crippen molar-refractivity contribution in [1.29, 1.82) is 5.41 Å². The van der Waals surface area contributed by atoms with Crippen molar-refractivity contribution in [3.05, 3.63) is 36.0 Å². The van der Waals surface area contributed by atoms with E-state index in [2.05, 4.69) is 20.7 Å². The molecule has 1 saturated carbocycles. The molecule has 0 aromatic carbocycles. The van der Waals surface area contributed by atoms with Crippen LogP contribution in [0.15, 0.2) is 24.5 Å². The highest BCUT2D eigenvalue weighted by molar-refractivity contribution is 5.98. The van der Waals surface area contributed by atoms with Crippen molar-refractivity contribution in [2.45, 2.75) is 37.8 Å². The molecule has 28 heavy (non-hydrogen) atoms. The molecule has 0 bridgehead atoms. The number of carbonyl (C=O) groups excluding carboxylic acids is 1. The van der Waals surface area contributed by atoms with Crippen molar-refractivity contribution < 1.29 is 18.0 Å². The average Bonchev–Trinajstić information content (AvgIpc) is 3.03. The highest BCUT2D eigenvalue weighted by atomic mass is 19.3. The van der Waals surface area contributed by atoms with E-state index in [1.54, 1.807) is 0 Å². The third-order valence-corrected chi connectivity index (χ3v) is 4.52. The number of pyridine rings is 1. The topological polar surface area (TPSA) is 122 Å². The van der Waals surface area contributed by atoms with Gasteiger partial charge >= 0.3 is 0 Å². The molecule has 1 amide bonds. The van der Waals surface area contributed by atoms with E-state index in [0.29, 0.717) is 30.7 Å². The Morgan fingerprint density at radius 2 is 2.21 bits per heavy atom. The molecular weight excluding hydrogens is 375 g/mol. The Balaban J connectivity index is 1.76. The lowest BCUT2D eigenvalue weighted by Gasteiger charge is -2.30. The summed E-state index contributed by atoms with van der Waals surface area (Å²) in [6.07, 6.45) is 1.66. The number of primary amides is 1. The van der Waals surface area contributed by atoms with Gasteiger partial charge in [-0.3, -0.25) is 9.48 Å². The van der Waals surface area contributed by atoms with Crippen LogP contribution >= 0.6 is 0 Å². The largest absolute Gasteiger partial charge is 0.365 e. The number of aromatic nitrogens is 3. The smallest absolute Gasteiger partial charge is 0.254 e. The van der Waals surface area contributed by atoms with E-state index in [-0.39, 0.29) is 17.4 Å². The molecule has 11 heteroatoms. The van der Waals surface area contributed by atoms with E-state index in [1.165, 1.54) is 23.1 Å². The first-order valence-electron chi connectivity index (χ1n) is 8.70. The molecule has 0 unspecified atom stereocenters. The van der Waals surface area contributed by atoms with Crippen LogP contribution in [0.25, 0.3) is 0 Å². The summed E-state index contributed by atoms with van der Waals surface area (Å²) in [6.45, 7) is -0.410. The number of nitrogens with one attached hydrogen (secondary N) is 3. The first kappa shape index (κ1) is 19.8. The van der Waals surface area contributed by atoms with Gasteiger partial charge in [0.1, 0.15) is 5.56 Å². The second-order valence-electron chi connectivity index (χ2n) is 6.55. The Morgan fingerprint density at radius 1 is 1.43 bits per heavy atom. The van der Waals surface area contributed by atoms with Gasteiger partial charge in [-0.25, -0.2) is 13.8 Å². The van der Waals surface area contributed by atoms with Crippen LogP contribution in [0.2, 0.25) is 0 Å². The third-order valence-electron chi connectivity index (χ3n) is 4.52. The zero-order chi connectivity index (χ0) is 20.3. The maximum Gasteiger partial charge on any atom is 0.254 e. The van der Waals surface area contributed by atoms with Gasteiger partial charge in [0.05, 0.1) is 12.6 Å². The second kappa shape index (κ2) is 8.38. The molecule has 0 radical (unpaired) electrons. The predicted molar refractivity (Wildman–Crippen MR) is 96.6 cm³/mol. The monoisotopic (exact) mass is 395 g/mol. The van der Waals surface area contributed by atoms with E-state index in [9.17, 15) is 18.0 Å². The molecule has 5 N–H and O–H groups in total. The lowest BCUT2D eigenvalue weighted by atomic mass is 9.89. The zero-order valence-corrected chi connectivity index (χ0v) is 14.8. The molecule has 1 aliphatic rings. The van der Waals surface area contributed by atoms with Crippen LogP contribution in [-0.4, -0.2) is 45.4 Å². The Hall–Kier alpha value is -2.95. The predicted octanol–water partition coefficient (Wildman–Crippen LogP) is 2.23. The molecule has 1 fully saturated rings. The van der Waals surface area contributed by atoms with Gasteiger partial charge in [0.2, 0.25) is 5.95 Å². The number of nitrogens with two attached hydrogens (primary N) is 1. The summed E-state index contributed by atoms with van der Waals surface area (Å²) in [5, 5.41) is 18.1. The van der Waals surface area contributed by atoms with Crippen LogP contribution < -0.4 is 16.4 Å². The second-order valence-corrected chi connectivity index (χ2v) is 6.55. The van der Waals surface area contributed by atoms with Crippen molar-refractivity contribution in [2.24, 2.45) is 5.73 Å². The van der Waals surface area contributed by atoms with Gasteiger partial charge in [0.25, 0.3) is 12.3 Å². The molecule has 0 saturated heterocycles. The maximum absolute atomic E-state index is 13.3. The first-order valence-corrected chi connectivity index (χ1v) is 8.70. The summed E-state index contributed by atoms with van der Waals surface area (Å²) in [5.74, 6) is -1.27. The molecule has 3 rings (SSSR count). The molecule has 8 nitrogen and oxygen atoms in total. The number of amides is 1. The van der Waals surface area contributed by atoms with E-state index >= 15 is 0 Å². The Bertz CT molecular complexity index is 870. The number of anilines is 2. The molecule has 2 aromatic heterocycles. The first-order chi connectivity index (χ1) is 13.3. The molecular formula is C17H20F3N7O. The molecule has 150 valence electrons. The summed E-state index contributed by atoms with van der Waals surface area (Å²) in [4.78, 5) is 15.2. The van der Waals surface area contributed by atoms with E-state index in [0.717, 1.165) is 6.07 Å². The third kappa shape index (κ3) is 4.66. The lowest BCUT2D eigenvalue weighted by molar-refractivity contribution is 0.100. The quantitative estimate of drug-likeness (QED) is 0.536. The summed E-state index contributed by atoms with van der Waals surface area (Å²) in [7, 11) is 0. The summed E-state index contributed by atoms with van der Waals surface area (Å²) in [6, 6.07) is 2.05. The van der Waals surface area contributed by atoms with Crippen molar-refractivity contribution in [3.8, 4) is 0 Å². The molecule has 0 aliphatic heterocycles. The molecule has 0 spiro atoms. The fourth-order valence-corrected chi connectivity index (χ4v) is 3.20. The van der Waals surface area contributed by atoms with Crippen molar-refractivity contribution in [3.63, 3.8) is 0 Å². The van der Waals surface area contributed by atoms with Crippen molar-refractivity contribution >= 4 is 23.1 Å². The van der Waals surface area contributed by atoms with Crippen LogP contribution in [0.4, 0.5) is 24.7 Å². The standard InChI is InChI=1S/C17H20F3N7O/c18-14(19)7-24-9-1-2-13(12(21)5-9)27-8-11(16(22)28)17(26-27)25-10-3-4-23-15(20)6-10/h3-4,6,8-9,13-14,21,24H,1-2,5,7H2,(H2,22,28)(H,23,25,26)/t9-,13-/m0/s1. The van der Waals surface area contributed by atoms with Crippen LogP contribution in [0.1, 0.15) is 35.7 Å². The number of carbonyl (C=O) groups is 1. The Morgan fingerprint density at radius 3 is 2.86 bits per heavy atom. The molecule has 1 aliphatic carbocycles. The van der Waals surface area contributed by atoms with Gasteiger partial charge in [-0.05, 0) is 18.9 Å². The minimum atomic E-state index is -2.44. The number of halogens is 3. The maximum atomic E-state index is 13.3. The number of rotatable bonds is 7. The Labute approximate surface area is 158 Å². The number of alkyl halides is 2. The fourth-order valence-electron chi connectivity index (χ4n) is 3.20. The van der Waals surface area contributed by atoms with Crippen LogP contribution in [0.5, 0.6) is 0 Å². The molecule has 2 atom stereocenters. The number of hydrogen-bond acceptors (Lipinski definition) is 6. The van der Waals surface area contributed by atoms with Crippen LogP contribution in [0.3, 0.4) is 0 Å². The minimum Gasteiger partial charge on any atom is -0.365 e. The summed E-state index contributed by atoms with van der Waals surface area (Å²) in [5.41, 5.74) is 6.17. The number of nitrogens with zero attached hydrogens (tertiary/aromatic N) is 3. The van der Waals surface area contributed by atoms with Gasteiger partial charge in [-0.1, -0.05) is 0 Å². The van der Waals surface area contributed by atoms with Gasteiger partial charge in [0, 0.05) is 42.3 Å². The van der Waals surface area contributed by atoms with Gasteiger partial charge in [-0.15, -0.1) is 0 Å². The Kier molecular flexibility index (Phi) is 5.93. The van der Waals surface area contributed by atoms with Crippen molar-refractivity contribution in [1.82, 2.24) is 20.1 Å². The highest BCUT2D eigenvalue weighted by Crippen LogP contribution is 2.28.